The summed E-state index contributed by atoms with van der Waals surface area (Å²) in [6, 6.07) is 3.49. The van der Waals surface area contributed by atoms with Crippen molar-refractivity contribution in [3.63, 3.8) is 0 Å². The number of hydrogen-bond donors (Lipinski definition) is 2. The molecule has 0 saturated heterocycles. The molecular weight excluding hydrogens is 230 g/mol. The minimum absolute atomic E-state index is 0.115. The summed E-state index contributed by atoms with van der Waals surface area (Å²) in [5.41, 5.74) is 0.428. The van der Waals surface area contributed by atoms with Crippen molar-refractivity contribution in [1.29, 1.82) is 0 Å². The van der Waals surface area contributed by atoms with E-state index in [-0.39, 0.29) is 17.0 Å². The molecule has 5 heteroatoms. The molecule has 0 aliphatic carbocycles. The first-order valence-corrected chi connectivity index (χ1v) is 5.64. The lowest BCUT2D eigenvalue weighted by Gasteiger charge is -2.16. The Bertz CT molecular complexity index is 666. The fraction of sp³-hybridized carbons (Fsp3) is 0.308. The van der Waals surface area contributed by atoms with Crippen LogP contribution in [0.1, 0.15) is 26.5 Å². The lowest BCUT2D eigenvalue weighted by Crippen LogP contribution is -2.15. The molecule has 2 aromatic heterocycles. The van der Waals surface area contributed by atoms with Gasteiger partial charge in [0, 0.05) is 17.7 Å². The Morgan fingerprint density at radius 1 is 1.44 bits per heavy atom. The number of aliphatic hydroxyl groups excluding tert-OH is 1. The Morgan fingerprint density at radius 2 is 2.17 bits per heavy atom. The van der Waals surface area contributed by atoms with Gasteiger partial charge in [-0.2, -0.15) is 0 Å². The summed E-state index contributed by atoms with van der Waals surface area (Å²) in [6.07, 6.45) is 2.98. The van der Waals surface area contributed by atoms with E-state index in [9.17, 15) is 9.90 Å². The second kappa shape index (κ2) is 4.25. The van der Waals surface area contributed by atoms with Crippen LogP contribution in [0.3, 0.4) is 0 Å². The zero-order valence-electron chi connectivity index (χ0n) is 10.6. The number of aromatic amines is 1. The van der Waals surface area contributed by atoms with Gasteiger partial charge in [-0.1, -0.05) is 20.8 Å². The van der Waals surface area contributed by atoms with E-state index < -0.39 is 5.41 Å². The van der Waals surface area contributed by atoms with Crippen LogP contribution in [-0.4, -0.2) is 20.1 Å². The molecule has 2 aromatic rings. The van der Waals surface area contributed by atoms with Crippen LogP contribution in [0.15, 0.2) is 28.9 Å². The molecule has 2 N–H and O–H groups in total. The number of nitrogens with zero attached hydrogens (tertiary/aromatic N) is 2. The minimum Gasteiger partial charge on any atom is -0.512 e. The van der Waals surface area contributed by atoms with E-state index >= 15 is 0 Å². The number of pyridine rings is 1. The topological polar surface area (TPSA) is 78.9 Å². The van der Waals surface area contributed by atoms with Crippen molar-refractivity contribution < 1.29 is 5.11 Å². The quantitative estimate of drug-likeness (QED) is 0.755. The maximum atomic E-state index is 11.8. The average Bonchev–Trinajstić information content (AvgIpc) is 2.28. The van der Waals surface area contributed by atoms with Crippen LogP contribution in [0.4, 0.5) is 0 Å². The number of fused-ring (bicyclic) bond motifs is 1. The summed E-state index contributed by atoms with van der Waals surface area (Å²) in [7, 11) is 0. The first-order valence-electron chi connectivity index (χ1n) is 5.64. The number of allylic oxidation sites excluding steroid dienone is 1. The molecule has 2 rings (SSSR count). The van der Waals surface area contributed by atoms with Crippen LogP contribution in [0.2, 0.25) is 0 Å². The van der Waals surface area contributed by atoms with E-state index in [1.807, 2.05) is 20.8 Å². The van der Waals surface area contributed by atoms with Gasteiger partial charge in [0.05, 0.1) is 5.76 Å². The molecule has 0 aromatic carbocycles. The van der Waals surface area contributed by atoms with Crippen molar-refractivity contribution in [2.45, 2.75) is 20.8 Å². The highest BCUT2D eigenvalue weighted by Gasteiger charge is 2.17. The summed E-state index contributed by atoms with van der Waals surface area (Å²) in [5.74, 6) is 0.115. The Balaban J connectivity index is 2.59. The van der Waals surface area contributed by atoms with Gasteiger partial charge in [0.1, 0.15) is 11.2 Å². The van der Waals surface area contributed by atoms with Gasteiger partial charge in [-0.15, -0.1) is 0 Å². The van der Waals surface area contributed by atoms with Gasteiger partial charge in [-0.3, -0.25) is 4.79 Å². The highest BCUT2D eigenvalue weighted by molar-refractivity contribution is 5.70. The van der Waals surface area contributed by atoms with Crippen LogP contribution in [0.25, 0.3) is 17.2 Å². The van der Waals surface area contributed by atoms with Crippen LogP contribution in [0.5, 0.6) is 0 Å². The normalized spacial score (nSPS) is 12.9. The predicted octanol–water partition coefficient (Wildman–Crippen LogP) is 2.26. The minimum atomic E-state index is -0.419. The molecule has 0 spiro atoms. The zero-order valence-corrected chi connectivity index (χ0v) is 10.6. The number of nitrogens with one attached hydrogen (secondary N) is 1. The van der Waals surface area contributed by atoms with Gasteiger partial charge in [-0.25, -0.2) is 9.97 Å². The molecule has 0 unspecified atom stereocenters. The third-order valence-electron chi connectivity index (χ3n) is 2.53. The molecular formula is C13H15N3O2. The van der Waals surface area contributed by atoms with Crippen LogP contribution < -0.4 is 5.56 Å². The Kier molecular flexibility index (Phi) is 2.90. The number of aliphatic hydroxyl groups is 1. The first kappa shape index (κ1) is 12.3. The maximum absolute atomic E-state index is 11.8. The van der Waals surface area contributed by atoms with E-state index in [1.165, 1.54) is 6.08 Å². The molecule has 0 amide bonds. The second-order valence-corrected chi connectivity index (χ2v) is 5.10. The molecule has 94 valence electrons. The SMILES string of the molecule is CC(C)(C)C(O)=Cc1nc2cccnc2[nH]c1=O. The smallest absolute Gasteiger partial charge is 0.275 e. The Morgan fingerprint density at radius 3 is 2.83 bits per heavy atom. The van der Waals surface area contributed by atoms with Gasteiger partial charge in [-0.05, 0) is 12.1 Å². The second-order valence-electron chi connectivity index (χ2n) is 5.10. The van der Waals surface area contributed by atoms with Crippen LogP contribution in [-0.2, 0) is 0 Å². The van der Waals surface area contributed by atoms with Crippen molar-refractivity contribution in [1.82, 2.24) is 15.0 Å². The maximum Gasteiger partial charge on any atom is 0.275 e. The molecule has 0 atom stereocenters. The Hall–Kier alpha value is -2.17. The summed E-state index contributed by atoms with van der Waals surface area (Å²) < 4.78 is 0. The molecule has 2 heterocycles. The predicted molar refractivity (Wildman–Crippen MR) is 70.2 cm³/mol. The molecule has 18 heavy (non-hydrogen) atoms. The fourth-order valence-corrected chi connectivity index (χ4v) is 1.38. The van der Waals surface area contributed by atoms with Crippen molar-refractivity contribution in [3.05, 3.63) is 40.1 Å². The summed E-state index contributed by atoms with van der Waals surface area (Å²) in [5, 5.41) is 9.89. The zero-order chi connectivity index (χ0) is 13.3. The summed E-state index contributed by atoms with van der Waals surface area (Å²) >= 11 is 0. The van der Waals surface area contributed by atoms with Crippen molar-refractivity contribution >= 4 is 17.2 Å². The van der Waals surface area contributed by atoms with E-state index in [0.29, 0.717) is 11.2 Å². The fourth-order valence-electron chi connectivity index (χ4n) is 1.38. The van der Waals surface area contributed by atoms with Crippen LogP contribution >= 0.6 is 0 Å². The molecule has 0 radical (unpaired) electrons. The standard InChI is InChI=1S/C13H15N3O2/c1-13(2,3)10(17)7-9-12(18)16-11-8(15-9)5-4-6-14-11/h4-7,17H,1-3H3,(H,14,16,18). The number of hydrogen-bond acceptors (Lipinski definition) is 4. The monoisotopic (exact) mass is 245 g/mol. The van der Waals surface area contributed by atoms with Crippen molar-refractivity contribution in [3.8, 4) is 0 Å². The van der Waals surface area contributed by atoms with Gasteiger partial charge in [0.15, 0.2) is 5.65 Å². The number of rotatable bonds is 1. The molecule has 5 nitrogen and oxygen atoms in total. The first-order chi connectivity index (χ1) is 8.38. The van der Waals surface area contributed by atoms with Crippen molar-refractivity contribution in [2.24, 2.45) is 5.41 Å². The van der Waals surface area contributed by atoms with Gasteiger partial charge in [0.25, 0.3) is 5.56 Å². The lowest BCUT2D eigenvalue weighted by molar-refractivity contribution is 0.282. The van der Waals surface area contributed by atoms with Gasteiger partial charge in [0.2, 0.25) is 0 Å². The van der Waals surface area contributed by atoms with Crippen molar-refractivity contribution in [2.75, 3.05) is 0 Å². The lowest BCUT2D eigenvalue weighted by atomic mass is 9.93. The number of aromatic nitrogens is 3. The summed E-state index contributed by atoms with van der Waals surface area (Å²) in [4.78, 5) is 22.6. The molecule has 0 saturated carbocycles. The average molecular weight is 245 g/mol. The van der Waals surface area contributed by atoms with Gasteiger partial charge < -0.3 is 10.1 Å². The molecule has 0 fully saturated rings. The number of H-pyrrole nitrogens is 1. The Labute approximate surface area is 104 Å². The van der Waals surface area contributed by atoms with Crippen LogP contribution in [0, 0.1) is 5.41 Å². The van der Waals surface area contributed by atoms with E-state index in [2.05, 4.69) is 15.0 Å². The molecule has 0 aliphatic heterocycles. The van der Waals surface area contributed by atoms with Gasteiger partial charge >= 0.3 is 0 Å². The largest absolute Gasteiger partial charge is 0.512 e. The summed E-state index contributed by atoms with van der Waals surface area (Å²) in [6.45, 7) is 5.57. The van der Waals surface area contributed by atoms with E-state index in [1.54, 1.807) is 18.3 Å². The highest BCUT2D eigenvalue weighted by Crippen LogP contribution is 2.23. The third-order valence-corrected chi connectivity index (χ3v) is 2.53. The molecule has 0 aliphatic rings. The molecule has 0 bridgehead atoms. The highest BCUT2D eigenvalue weighted by atomic mass is 16.3. The van der Waals surface area contributed by atoms with E-state index in [0.717, 1.165) is 0 Å². The third kappa shape index (κ3) is 2.40. The van der Waals surface area contributed by atoms with E-state index in [4.69, 9.17) is 0 Å².